The highest BCUT2D eigenvalue weighted by atomic mass is 16.6. The van der Waals surface area contributed by atoms with E-state index in [-0.39, 0.29) is 11.8 Å². The average molecular weight is 208 g/mol. The van der Waals surface area contributed by atoms with E-state index in [0.717, 1.165) is 19.3 Å². The van der Waals surface area contributed by atoms with Crippen molar-refractivity contribution in [2.24, 2.45) is 0 Å². The van der Waals surface area contributed by atoms with Crippen LogP contribution in [0.3, 0.4) is 0 Å². The summed E-state index contributed by atoms with van der Waals surface area (Å²) in [6.07, 6.45) is 3.40. The molecule has 0 atom stereocenters. The molecule has 0 radical (unpaired) electrons. The quantitative estimate of drug-likeness (QED) is 0.468. The molecule has 0 heterocycles. The van der Waals surface area contributed by atoms with E-state index in [0.29, 0.717) is 11.4 Å². The third-order valence-corrected chi connectivity index (χ3v) is 2.48. The summed E-state index contributed by atoms with van der Waals surface area (Å²) in [5.41, 5.74) is 5.88. The molecule has 5 heteroatoms. The number of rotatable bonds is 3. The number of nitro benzene ring substituents is 1. The van der Waals surface area contributed by atoms with Gasteiger partial charge in [-0.15, -0.1) is 0 Å². The van der Waals surface area contributed by atoms with Crippen LogP contribution in [0.1, 0.15) is 19.3 Å². The fourth-order valence-corrected chi connectivity index (χ4v) is 1.46. The number of ether oxygens (including phenoxy) is 1. The first kappa shape index (κ1) is 9.76. The van der Waals surface area contributed by atoms with Gasteiger partial charge in [0, 0.05) is 17.8 Å². The van der Waals surface area contributed by atoms with Crippen LogP contribution in [-0.4, -0.2) is 11.0 Å². The van der Waals surface area contributed by atoms with Crippen molar-refractivity contribution < 1.29 is 9.66 Å². The van der Waals surface area contributed by atoms with E-state index in [9.17, 15) is 10.1 Å². The summed E-state index contributed by atoms with van der Waals surface area (Å²) in [5, 5.41) is 10.6. The molecule has 1 aromatic carbocycles. The molecular formula is C10H12N2O3. The molecule has 2 rings (SSSR count). The minimum Gasteiger partial charge on any atom is -0.490 e. The number of nitrogens with two attached hydrogens (primary N) is 1. The second kappa shape index (κ2) is 3.76. The summed E-state index contributed by atoms with van der Waals surface area (Å²) in [5.74, 6) is 0.492. The minimum absolute atomic E-state index is 0.0238. The Balaban J connectivity index is 2.18. The number of nitro groups is 1. The van der Waals surface area contributed by atoms with Gasteiger partial charge in [-0.1, -0.05) is 0 Å². The van der Waals surface area contributed by atoms with Crippen LogP contribution in [0.25, 0.3) is 0 Å². The lowest BCUT2D eigenvalue weighted by atomic mass is 9.96. The van der Waals surface area contributed by atoms with Crippen molar-refractivity contribution in [3.63, 3.8) is 0 Å². The van der Waals surface area contributed by atoms with Crippen molar-refractivity contribution in [3.05, 3.63) is 28.3 Å². The second-order valence-corrected chi connectivity index (χ2v) is 3.69. The molecule has 15 heavy (non-hydrogen) atoms. The van der Waals surface area contributed by atoms with E-state index in [1.807, 2.05) is 0 Å². The van der Waals surface area contributed by atoms with E-state index in [4.69, 9.17) is 10.5 Å². The van der Waals surface area contributed by atoms with Crippen molar-refractivity contribution in [1.29, 1.82) is 0 Å². The molecule has 1 aromatic rings. The predicted octanol–water partition coefficient (Wildman–Crippen LogP) is 2.11. The Morgan fingerprint density at radius 2 is 2.13 bits per heavy atom. The minimum atomic E-state index is -0.468. The molecule has 0 spiro atoms. The average Bonchev–Trinajstić information content (AvgIpc) is 2.10. The fourth-order valence-electron chi connectivity index (χ4n) is 1.46. The van der Waals surface area contributed by atoms with Crippen molar-refractivity contribution in [2.45, 2.75) is 25.4 Å². The highest BCUT2D eigenvalue weighted by Gasteiger charge is 2.20. The van der Waals surface area contributed by atoms with Gasteiger partial charge in [-0.25, -0.2) is 0 Å². The summed E-state index contributed by atoms with van der Waals surface area (Å²) >= 11 is 0. The van der Waals surface area contributed by atoms with Crippen LogP contribution in [0.5, 0.6) is 5.75 Å². The third kappa shape index (κ3) is 2.18. The van der Waals surface area contributed by atoms with Gasteiger partial charge in [0.2, 0.25) is 0 Å². The van der Waals surface area contributed by atoms with Crippen LogP contribution in [0, 0.1) is 10.1 Å². The Morgan fingerprint density at radius 1 is 1.40 bits per heavy atom. The lowest BCUT2D eigenvalue weighted by Crippen LogP contribution is -2.24. The first-order valence-corrected chi connectivity index (χ1v) is 4.87. The van der Waals surface area contributed by atoms with Gasteiger partial charge in [0.25, 0.3) is 5.69 Å². The van der Waals surface area contributed by atoms with E-state index >= 15 is 0 Å². The highest BCUT2D eigenvalue weighted by Crippen LogP contribution is 2.29. The van der Waals surface area contributed by atoms with Gasteiger partial charge in [0.1, 0.15) is 5.75 Å². The van der Waals surface area contributed by atoms with E-state index in [2.05, 4.69) is 0 Å². The normalized spacial score (nSPS) is 15.7. The van der Waals surface area contributed by atoms with Gasteiger partial charge < -0.3 is 10.5 Å². The van der Waals surface area contributed by atoms with Crippen molar-refractivity contribution in [2.75, 3.05) is 5.73 Å². The van der Waals surface area contributed by atoms with Crippen LogP contribution < -0.4 is 10.5 Å². The van der Waals surface area contributed by atoms with Crippen molar-refractivity contribution in [3.8, 4) is 5.75 Å². The molecule has 0 amide bonds. The van der Waals surface area contributed by atoms with Crippen LogP contribution in [-0.2, 0) is 0 Å². The molecule has 0 aliphatic heterocycles. The Hall–Kier alpha value is -1.78. The Bertz CT molecular complexity index is 388. The van der Waals surface area contributed by atoms with Crippen molar-refractivity contribution >= 4 is 11.4 Å². The molecule has 1 aliphatic rings. The number of hydrogen-bond acceptors (Lipinski definition) is 4. The van der Waals surface area contributed by atoms with E-state index < -0.39 is 4.92 Å². The van der Waals surface area contributed by atoms with E-state index in [1.165, 1.54) is 12.1 Å². The number of nitrogen functional groups attached to an aromatic ring is 1. The zero-order valence-corrected chi connectivity index (χ0v) is 8.18. The van der Waals surface area contributed by atoms with Crippen LogP contribution >= 0.6 is 0 Å². The summed E-state index contributed by atoms with van der Waals surface area (Å²) in [6, 6.07) is 4.35. The maximum atomic E-state index is 10.6. The molecule has 1 saturated carbocycles. The molecule has 1 fully saturated rings. The monoisotopic (exact) mass is 208 g/mol. The van der Waals surface area contributed by atoms with Gasteiger partial charge in [-0.05, 0) is 19.3 Å². The molecule has 0 unspecified atom stereocenters. The van der Waals surface area contributed by atoms with Crippen LogP contribution in [0.2, 0.25) is 0 Å². The van der Waals surface area contributed by atoms with Gasteiger partial charge >= 0.3 is 0 Å². The third-order valence-electron chi connectivity index (χ3n) is 2.48. The zero-order valence-electron chi connectivity index (χ0n) is 8.18. The second-order valence-electron chi connectivity index (χ2n) is 3.69. The Kier molecular flexibility index (Phi) is 2.45. The molecule has 80 valence electrons. The first-order chi connectivity index (χ1) is 7.15. The maximum Gasteiger partial charge on any atom is 0.275 e. The smallest absolute Gasteiger partial charge is 0.275 e. The largest absolute Gasteiger partial charge is 0.490 e. The lowest BCUT2D eigenvalue weighted by molar-refractivity contribution is -0.384. The summed E-state index contributed by atoms with van der Waals surface area (Å²) in [4.78, 5) is 10.1. The Labute approximate surface area is 87.0 Å². The van der Waals surface area contributed by atoms with Gasteiger partial charge in [0.05, 0.1) is 17.1 Å². The summed E-state index contributed by atoms with van der Waals surface area (Å²) in [7, 11) is 0. The lowest BCUT2D eigenvalue weighted by Gasteiger charge is -2.26. The fraction of sp³-hybridized carbons (Fsp3) is 0.400. The molecule has 1 aliphatic carbocycles. The van der Waals surface area contributed by atoms with Gasteiger partial charge in [-0.3, -0.25) is 10.1 Å². The maximum absolute atomic E-state index is 10.6. The van der Waals surface area contributed by atoms with Gasteiger partial charge in [0.15, 0.2) is 0 Å². The number of non-ortho nitro benzene ring substituents is 1. The molecule has 5 nitrogen and oxygen atoms in total. The number of hydrogen-bond donors (Lipinski definition) is 1. The predicted molar refractivity (Wildman–Crippen MR) is 55.8 cm³/mol. The van der Waals surface area contributed by atoms with E-state index in [1.54, 1.807) is 6.07 Å². The molecule has 0 saturated heterocycles. The van der Waals surface area contributed by atoms with Crippen LogP contribution in [0.15, 0.2) is 18.2 Å². The standard InChI is InChI=1S/C10H12N2O3/c11-7-4-8(12(13)14)6-10(5-7)15-9-2-1-3-9/h4-6,9H,1-3,11H2. The molecule has 2 N–H and O–H groups in total. The molecule has 0 aromatic heterocycles. The van der Waals surface area contributed by atoms with Crippen molar-refractivity contribution in [1.82, 2.24) is 0 Å². The summed E-state index contributed by atoms with van der Waals surface area (Å²) < 4.78 is 5.54. The summed E-state index contributed by atoms with van der Waals surface area (Å²) in [6.45, 7) is 0. The number of anilines is 1. The molecular weight excluding hydrogens is 196 g/mol. The highest BCUT2D eigenvalue weighted by molar-refractivity contribution is 5.53. The Morgan fingerprint density at radius 3 is 2.67 bits per heavy atom. The SMILES string of the molecule is Nc1cc(OC2CCC2)cc([N+](=O)[O-])c1. The van der Waals surface area contributed by atoms with Crippen LogP contribution in [0.4, 0.5) is 11.4 Å². The number of benzene rings is 1. The zero-order chi connectivity index (χ0) is 10.8. The topological polar surface area (TPSA) is 78.4 Å². The molecule has 0 bridgehead atoms. The van der Waals surface area contributed by atoms with Gasteiger partial charge in [-0.2, -0.15) is 0 Å². The number of nitrogens with zero attached hydrogens (tertiary/aromatic N) is 1. The first-order valence-electron chi connectivity index (χ1n) is 4.87.